The number of carbonyl (C=O) groups excluding carboxylic acids is 2. The molecule has 2 aromatic rings. The fourth-order valence-corrected chi connectivity index (χ4v) is 2.45. The zero-order valence-electron chi connectivity index (χ0n) is 14.1. The number of nitrogens with one attached hydrogen (secondary N) is 2. The molecule has 0 aliphatic rings. The summed E-state index contributed by atoms with van der Waals surface area (Å²) in [5.74, 6) is -1.83. The van der Waals surface area contributed by atoms with Crippen molar-refractivity contribution in [2.45, 2.75) is 26.7 Å². The van der Waals surface area contributed by atoms with Crippen LogP contribution in [0.15, 0.2) is 48.5 Å². The van der Waals surface area contributed by atoms with Crippen molar-refractivity contribution in [1.29, 1.82) is 0 Å². The maximum Gasteiger partial charge on any atom is 0.225 e. The molecule has 0 radical (unpaired) electrons. The van der Waals surface area contributed by atoms with Gasteiger partial charge in [0.05, 0.1) is 11.4 Å². The third-order valence-electron chi connectivity index (χ3n) is 3.57. The van der Waals surface area contributed by atoms with E-state index in [4.69, 9.17) is 0 Å². The van der Waals surface area contributed by atoms with Gasteiger partial charge in [-0.05, 0) is 29.7 Å². The molecule has 0 unspecified atom stereocenters. The van der Waals surface area contributed by atoms with E-state index >= 15 is 0 Å². The predicted molar refractivity (Wildman–Crippen MR) is 93.1 cm³/mol. The van der Waals surface area contributed by atoms with Crippen molar-refractivity contribution < 1.29 is 18.4 Å². The van der Waals surface area contributed by atoms with Gasteiger partial charge in [0, 0.05) is 12.8 Å². The fourth-order valence-electron chi connectivity index (χ4n) is 2.45. The first kappa shape index (κ1) is 18.6. The van der Waals surface area contributed by atoms with Gasteiger partial charge < -0.3 is 10.6 Å². The largest absolute Gasteiger partial charge is 0.324 e. The van der Waals surface area contributed by atoms with Crippen LogP contribution in [-0.2, 0) is 9.59 Å². The van der Waals surface area contributed by atoms with E-state index in [9.17, 15) is 18.4 Å². The van der Waals surface area contributed by atoms with Crippen LogP contribution >= 0.6 is 0 Å². The van der Waals surface area contributed by atoms with Crippen molar-refractivity contribution in [2.75, 3.05) is 10.6 Å². The number of halogens is 2. The molecule has 0 saturated carbocycles. The Labute approximate surface area is 145 Å². The Balaban J connectivity index is 1.92. The lowest BCUT2D eigenvalue weighted by atomic mass is 9.85. The molecule has 0 aromatic heterocycles. The van der Waals surface area contributed by atoms with Crippen molar-refractivity contribution in [1.82, 2.24) is 0 Å². The molecule has 2 amide bonds. The van der Waals surface area contributed by atoms with Crippen LogP contribution in [0.25, 0.3) is 0 Å². The molecule has 4 nitrogen and oxygen atoms in total. The summed E-state index contributed by atoms with van der Waals surface area (Å²) in [7, 11) is 0. The molecule has 132 valence electrons. The predicted octanol–water partition coefficient (Wildman–Crippen LogP) is 4.35. The summed E-state index contributed by atoms with van der Waals surface area (Å²) in [6.45, 7) is 3.49. The number of para-hydroxylation sites is 2. The summed E-state index contributed by atoms with van der Waals surface area (Å²) < 4.78 is 27.1. The average molecular weight is 346 g/mol. The normalized spacial score (nSPS) is 11.0. The summed E-state index contributed by atoms with van der Waals surface area (Å²) in [4.78, 5) is 24.2. The molecule has 0 atom stereocenters. The first-order valence-corrected chi connectivity index (χ1v) is 7.86. The standard InChI is InChI=1S/C19H20F2N2O2/c1-19(2,11-17(24)22-15-9-5-3-7-13(15)20)12-18(25)23-16-10-6-4-8-14(16)21/h3-10H,11-12H2,1-2H3,(H,22,24)(H,23,25). The third-order valence-corrected chi connectivity index (χ3v) is 3.57. The molecule has 0 heterocycles. The smallest absolute Gasteiger partial charge is 0.225 e. The van der Waals surface area contributed by atoms with Gasteiger partial charge in [-0.25, -0.2) is 8.78 Å². The molecular weight excluding hydrogens is 326 g/mol. The van der Waals surface area contributed by atoms with E-state index in [2.05, 4.69) is 10.6 Å². The van der Waals surface area contributed by atoms with Gasteiger partial charge in [-0.3, -0.25) is 9.59 Å². The van der Waals surface area contributed by atoms with Crippen LogP contribution in [-0.4, -0.2) is 11.8 Å². The lowest BCUT2D eigenvalue weighted by molar-refractivity contribution is -0.120. The molecular formula is C19H20F2N2O2. The zero-order chi connectivity index (χ0) is 18.4. The van der Waals surface area contributed by atoms with E-state index in [1.807, 2.05) is 0 Å². The van der Waals surface area contributed by atoms with Crippen molar-refractivity contribution in [3.05, 3.63) is 60.2 Å². The summed E-state index contributed by atoms with van der Waals surface area (Å²) in [5, 5.41) is 4.99. The first-order valence-electron chi connectivity index (χ1n) is 7.86. The Morgan fingerprint density at radius 1 is 0.800 bits per heavy atom. The maximum atomic E-state index is 13.6. The summed E-state index contributed by atoms with van der Waals surface area (Å²) in [6.07, 6.45) is 0.0397. The monoisotopic (exact) mass is 346 g/mol. The second kappa shape index (κ2) is 7.88. The van der Waals surface area contributed by atoms with Crippen LogP contribution in [0.4, 0.5) is 20.2 Å². The highest BCUT2D eigenvalue weighted by Crippen LogP contribution is 2.27. The quantitative estimate of drug-likeness (QED) is 0.817. The second-order valence-corrected chi connectivity index (χ2v) is 6.57. The minimum atomic E-state index is -0.676. The van der Waals surface area contributed by atoms with Crippen LogP contribution in [0.1, 0.15) is 26.7 Å². The lowest BCUT2D eigenvalue weighted by Crippen LogP contribution is -2.27. The molecule has 2 aromatic carbocycles. The van der Waals surface area contributed by atoms with E-state index in [1.165, 1.54) is 36.4 Å². The van der Waals surface area contributed by atoms with Crippen molar-refractivity contribution in [3.8, 4) is 0 Å². The molecule has 0 saturated heterocycles. The molecule has 25 heavy (non-hydrogen) atoms. The maximum absolute atomic E-state index is 13.6. The summed E-state index contributed by atoms with van der Waals surface area (Å²) in [5.41, 5.74) is -0.483. The minimum Gasteiger partial charge on any atom is -0.324 e. The average Bonchev–Trinajstić information content (AvgIpc) is 2.50. The van der Waals surface area contributed by atoms with Gasteiger partial charge in [-0.15, -0.1) is 0 Å². The highest BCUT2D eigenvalue weighted by molar-refractivity contribution is 5.94. The van der Waals surface area contributed by atoms with Crippen LogP contribution in [0.2, 0.25) is 0 Å². The highest BCUT2D eigenvalue weighted by Gasteiger charge is 2.26. The molecule has 6 heteroatoms. The second-order valence-electron chi connectivity index (χ2n) is 6.57. The Morgan fingerprint density at radius 3 is 1.52 bits per heavy atom. The molecule has 0 aliphatic heterocycles. The Kier molecular flexibility index (Phi) is 5.85. The van der Waals surface area contributed by atoms with Crippen LogP contribution in [0.5, 0.6) is 0 Å². The number of benzene rings is 2. The number of amides is 2. The summed E-state index contributed by atoms with van der Waals surface area (Å²) in [6, 6.07) is 11.7. The summed E-state index contributed by atoms with van der Waals surface area (Å²) >= 11 is 0. The van der Waals surface area contributed by atoms with Crippen molar-refractivity contribution in [3.63, 3.8) is 0 Å². The van der Waals surface area contributed by atoms with Crippen LogP contribution < -0.4 is 10.6 Å². The van der Waals surface area contributed by atoms with Gasteiger partial charge in [-0.2, -0.15) is 0 Å². The minimum absolute atomic E-state index is 0.0199. The van der Waals surface area contributed by atoms with Gasteiger partial charge in [0.2, 0.25) is 11.8 Å². The van der Waals surface area contributed by atoms with Crippen LogP contribution in [0, 0.1) is 17.0 Å². The van der Waals surface area contributed by atoms with Gasteiger partial charge in [-0.1, -0.05) is 38.1 Å². The SMILES string of the molecule is CC(C)(CC(=O)Nc1ccccc1F)CC(=O)Nc1ccccc1F. The van der Waals surface area contributed by atoms with E-state index < -0.39 is 28.9 Å². The van der Waals surface area contributed by atoms with Gasteiger partial charge in [0.25, 0.3) is 0 Å². The van der Waals surface area contributed by atoms with Gasteiger partial charge >= 0.3 is 0 Å². The van der Waals surface area contributed by atoms with Crippen molar-refractivity contribution in [2.24, 2.45) is 5.41 Å². The topological polar surface area (TPSA) is 58.2 Å². The highest BCUT2D eigenvalue weighted by atomic mass is 19.1. The van der Waals surface area contributed by atoms with E-state index in [0.717, 1.165) is 0 Å². The zero-order valence-corrected chi connectivity index (χ0v) is 14.1. The molecule has 0 aliphatic carbocycles. The van der Waals surface area contributed by atoms with E-state index in [0.29, 0.717) is 0 Å². The van der Waals surface area contributed by atoms with Gasteiger partial charge in [0.1, 0.15) is 11.6 Å². The first-order chi connectivity index (χ1) is 11.8. The molecule has 0 bridgehead atoms. The fraction of sp³-hybridized carbons (Fsp3) is 0.263. The van der Waals surface area contributed by atoms with E-state index in [-0.39, 0.29) is 24.2 Å². The number of hydrogen-bond donors (Lipinski definition) is 2. The van der Waals surface area contributed by atoms with E-state index in [1.54, 1.807) is 26.0 Å². The van der Waals surface area contributed by atoms with Crippen LogP contribution in [0.3, 0.4) is 0 Å². The molecule has 0 fully saturated rings. The molecule has 0 spiro atoms. The van der Waals surface area contributed by atoms with Gasteiger partial charge in [0.15, 0.2) is 0 Å². The Hall–Kier alpha value is -2.76. The Morgan fingerprint density at radius 2 is 1.16 bits per heavy atom. The number of hydrogen-bond acceptors (Lipinski definition) is 2. The Bertz CT molecular complexity index is 712. The number of rotatable bonds is 6. The molecule has 2 rings (SSSR count). The van der Waals surface area contributed by atoms with Crippen molar-refractivity contribution >= 4 is 23.2 Å². The number of anilines is 2. The number of carbonyl (C=O) groups is 2. The third kappa shape index (κ3) is 5.67. The molecule has 2 N–H and O–H groups in total. The lowest BCUT2D eigenvalue weighted by Gasteiger charge is -2.23.